The van der Waals surface area contributed by atoms with Gasteiger partial charge in [0.05, 0.1) is 6.61 Å². The smallest absolute Gasteiger partial charge is 0.241 e. The second-order valence-electron chi connectivity index (χ2n) is 3.68. The zero-order valence-corrected chi connectivity index (χ0v) is 12.4. The number of aromatic nitrogens is 4. The molecule has 0 saturated carbocycles. The molecule has 0 spiro atoms. The highest BCUT2D eigenvalue weighted by Crippen LogP contribution is 2.34. The summed E-state index contributed by atoms with van der Waals surface area (Å²) < 4.78 is 10.5. The highest BCUT2D eigenvalue weighted by atomic mass is 32.2. The molecule has 0 saturated heterocycles. The van der Waals surface area contributed by atoms with Crippen LogP contribution in [0.25, 0.3) is 0 Å². The second-order valence-corrected chi connectivity index (χ2v) is 5.67. The van der Waals surface area contributed by atoms with E-state index in [0.717, 1.165) is 23.0 Å². The topological polar surface area (TPSA) is 86.8 Å². The molecule has 0 atom stereocenters. The van der Waals surface area contributed by atoms with Crippen molar-refractivity contribution in [3.63, 3.8) is 0 Å². The fraction of sp³-hybridized carbons (Fsp3) is 0.455. The molecule has 2 rings (SSSR count). The monoisotopic (exact) mass is 297 g/mol. The van der Waals surface area contributed by atoms with Crippen molar-refractivity contribution in [1.82, 2.24) is 19.3 Å². The molecule has 102 valence electrons. The molecule has 0 aliphatic carbocycles. The molecule has 0 aromatic carbocycles. The van der Waals surface area contributed by atoms with Crippen molar-refractivity contribution >= 4 is 29.0 Å². The van der Waals surface area contributed by atoms with Crippen LogP contribution in [0.3, 0.4) is 0 Å². The predicted molar refractivity (Wildman–Crippen MR) is 75.6 cm³/mol. The lowest BCUT2D eigenvalue weighted by Crippen LogP contribution is -2.03. The maximum atomic E-state index is 6.00. The molecule has 6 nitrogen and oxygen atoms in total. The van der Waals surface area contributed by atoms with Crippen molar-refractivity contribution in [1.29, 1.82) is 0 Å². The molecule has 0 aliphatic rings. The first kappa shape index (κ1) is 14.0. The third kappa shape index (κ3) is 3.54. The Morgan fingerprint density at radius 3 is 2.89 bits per heavy atom. The Morgan fingerprint density at radius 2 is 2.21 bits per heavy atom. The quantitative estimate of drug-likeness (QED) is 0.819. The van der Waals surface area contributed by atoms with Crippen molar-refractivity contribution in [2.45, 2.75) is 36.1 Å². The van der Waals surface area contributed by atoms with E-state index >= 15 is 0 Å². The van der Waals surface area contributed by atoms with Crippen LogP contribution in [0.15, 0.2) is 15.7 Å². The van der Waals surface area contributed by atoms with Gasteiger partial charge in [-0.25, -0.2) is 9.97 Å². The van der Waals surface area contributed by atoms with Crippen LogP contribution in [-0.2, 0) is 6.42 Å². The summed E-state index contributed by atoms with van der Waals surface area (Å²) in [5.74, 6) is 1.27. The Bertz CT molecular complexity index is 546. The molecule has 0 radical (unpaired) electrons. The molecular formula is C11H15N5OS2. The van der Waals surface area contributed by atoms with Gasteiger partial charge in [0.2, 0.25) is 5.88 Å². The summed E-state index contributed by atoms with van der Waals surface area (Å²) in [6, 6.07) is 0. The SMILES string of the molecule is CCCOc1ncnc(Sc2nc(CC)ns2)c1N. The molecule has 0 bridgehead atoms. The van der Waals surface area contributed by atoms with Gasteiger partial charge in [0.25, 0.3) is 0 Å². The molecule has 0 aliphatic heterocycles. The first-order chi connectivity index (χ1) is 9.24. The maximum Gasteiger partial charge on any atom is 0.241 e. The lowest BCUT2D eigenvalue weighted by molar-refractivity contribution is 0.305. The van der Waals surface area contributed by atoms with E-state index in [2.05, 4.69) is 19.3 Å². The van der Waals surface area contributed by atoms with Gasteiger partial charge in [0.1, 0.15) is 22.9 Å². The van der Waals surface area contributed by atoms with Gasteiger partial charge in [0, 0.05) is 6.42 Å². The summed E-state index contributed by atoms with van der Waals surface area (Å²) >= 11 is 2.73. The molecule has 2 aromatic heterocycles. The molecule has 2 aromatic rings. The van der Waals surface area contributed by atoms with Crippen molar-refractivity contribution in [2.75, 3.05) is 12.3 Å². The van der Waals surface area contributed by atoms with E-state index in [-0.39, 0.29) is 0 Å². The first-order valence-corrected chi connectivity index (χ1v) is 7.57. The zero-order valence-electron chi connectivity index (χ0n) is 10.8. The Kier molecular flexibility index (Phi) is 4.92. The largest absolute Gasteiger partial charge is 0.476 e. The summed E-state index contributed by atoms with van der Waals surface area (Å²) in [5, 5.41) is 0.653. The molecule has 19 heavy (non-hydrogen) atoms. The van der Waals surface area contributed by atoms with Gasteiger partial charge >= 0.3 is 0 Å². The standard InChI is InChI=1S/C11H15N5OS2/c1-3-5-17-9-8(12)10(14-6-13-9)18-11-15-7(4-2)16-19-11/h6H,3-5,12H2,1-2H3. The Morgan fingerprint density at radius 1 is 1.37 bits per heavy atom. The summed E-state index contributed by atoms with van der Waals surface area (Å²) in [6.07, 6.45) is 3.18. The number of nitrogen functional groups attached to an aromatic ring is 1. The van der Waals surface area contributed by atoms with Crippen molar-refractivity contribution in [3.8, 4) is 5.88 Å². The lowest BCUT2D eigenvalue weighted by atomic mass is 10.5. The van der Waals surface area contributed by atoms with Crippen LogP contribution >= 0.6 is 23.3 Å². The number of hydrogen-bond donors (Lipinski definition) is 1. The van der Waals surface area contributed by atoms with Gasteiger partial charge in [-0.3, -0.25) is 0 Å². The van der Waals surface area contributed by atoms with Gasteiger partial charge in [-0.1, -0.05) is 13.8 Å². The Labute approximate surface area is 120 Å². The van der Waals surface area contributed by atoms with E-state index in [4.69, 9.17) is 10.5 Å². The molecular weight excluding hydrogens is 282 g/mol. The maximum absolute atomic E-state index is 6.00. The summed E-state index contributed by atoms with van der Waals surface area (Å²) in [5.41, 5.74) is 6.45. The van der Waals surface area contributed by atoms with Crippen LogP contribution in [0.5, 0.6) is 5.88 Å². The first-order valence-electron chi connectivity index (χ1n) is 5.98. The fourth-order valence-corrected chi connectivity index (χ4v) is 2.88. The van der Waals surface area contributed by atoms with E-state index in [1.54, 1.807) is 0 Å². The molecule has 0 amide bonds. The fourth-order valence-electron chi connectivity index (χ4n) is 1.27. The van der Waals surface area contributed by atoms with Crippen molar-refractivity contribution in [3.05, 3.63) is 12.2 Å². The molecule has 0 fully saturated rings. The number of anilines is 1. The van der Waals surface area contributed by atoms with E-state index in [9.17, 15) is 0 Å². The van der Waals surface area contributed by atoms with Gasteiger partial charge < -0.3 is 10.5 Å². The van der Waals surface area contributed by atoms with Crippen LogP contribution < -0.4 is 10.5 Å². The summed E-state index contributed by atoms with van der Waals surface area (Å²) in [6.45, 7) is 4.64. The molecule has 0 unspecified atom stereocenters. The number of aryl methyl sites for hydroxylation is 1. The second kappa shape index (κ2) is 6.67. The highest BCUT2D eigenvalue weighted by Gasteiger charge is 2.13. The molecule has 2 N–H and O–H groups in total. The normalized spacial score (nSPS) is 10.6. The van der Waals surface area contributed by atoms with Crippen LogP contribution in [-0.4, -0.2) is 25.9 Å². The zero-order chi connectivity index (χ0) is 13.7. The Hall–Kier alpha value is -1.41. The number of rotatable bonds is 6. The lowest BCUT2D eigenvalue weighted by Gasteiger charge is -2.08. The molecule has 2 heterocycles. The van der Waals surface area contributed by atoms with Gasteiger partial charge in [-0.15, -0.1) is 0 Å². The minimum absolute atomic E-state index is 0.430. The van der Waals surface area contributed by atoms with Crippen molar-refractivity contribution < 1.29 is 4.74 Å². The van der Waals surface area contributed by atoms with Crippen LogP contribution in [0.4, 0.5) is 5.69 Å². The van der Waals surface area contributed by atoms with Gasteiger partial charge in [-0.05, 0) is 29.7 Å². The number of nitrogens with two attached hydrogens (primary N) is 1. The molecule has 8 heteroatoms. The van der Waals surface area contributed by atoms with Crippen molar-refractivity contribution in [2.24, 2.45) is 0 Å². The predicted octanol–water partition coefficient (Wildman–Crippen LogP) is 2.41. The van der Waals surface area contributed by atoms with Crippen LogP contribution in [0, 0.1) is 0 Å². The third-order valence-corrected chi connectivity index (χ3v) is 4.01. The number of ether oxygens (including phenoxy) is 1. The van der Waals surface area contributed by atoms with Gasteiger partial charge in [0.15, 0.2) is 4.34 Å². The van der Waals surface area contributed by atoms with Crippen LogP contribution in [0.1, 0.15) is 26.1 Å². The highest BCUT2D eigenvalue weighted by molar-refractivity contribution is 8.01. The summed E-state index contributed by atoms with van der Waals surface area (Å²) in [4.78, 5) is 12.6. The van der Waals surface area contributed by atoms with Gasteiger partial charge in [-0.2, -0.15) is 9.36 Å². The minimum atomic E-state index is 0.430. The van der Waals surface area contributed by atoms with E-state index in [0.29, 0.717) is 23.2 Å². The average molecular weight is 297 g/mol. The van der Waals surface area contributed by atoms with E-state index in [1.807, 2.05) is 13.8 Å². The summed E-state index contributed by atoms with van der Waals surface area (Å²) in [7, 11) is 0. The number of nitrogens with zero attached hydrogens (tertiary/aromatic N) is 4. The third-order valence-electron chi connectivity index (χ3n) is 2.20. The van der Waals surface area contributed by atoms with Crippen LogP contribution in [0.2, 0.25) is 0 Å². The number of hydrogen-bond acceptors (Lipinski definition) is 8. The average Bonchev–Trinajstić information content (AvgIpc) is 2.87. The van der Waals surface area contributed by atoms with E-state index in [1.165, 1.54) is 29.6 Å². The Balaban J connectivity index is 2.15. The van der Waals surface area contributed by atoms with E-state index < -0.39 is 0 Å². The minimum Gasteiger partial charge on any atom is -0.476 e.